The number of ether oxygens (including phenoxy) is 6. The first-order valence-corrected chi connectivity index (χ1v) is 14.8. The predicted octanol–water partition coefficient (Wildman–Crippen LogP) is 3.73. The summed E-state index contributed by atoms with van der Waals surface area (Å²) in [7, 11) is 4.91. The van der Waals surface area contributed by atoms with Crippen LogP contribution in [-0.4, -0.2) is 64.3 Å². The lowest BCUT2D eigenvalue weighted by Crippen LogP contribution is -2.47. The molecule has 6 rings (SSSR count). The van der Waals surface area contributed by atoms with E-state index in [1.807, 2.05) is 12.1 Å². The van der Waals surface area contributed by atoms with Crippen LogP contribution in [0, 0.1) is 22.7 Å². The van der Waals surface area contributed by atoms with Crippen LogP contribution in [0.25, 0.3) is 11.5 Å². The molecular weight excluding hydrogens is 624 g/mol. The fraction of sp³-hybridized carbons (Fsp3) is 0.278. The van der Waals surface area contributed by atoms with E-state index in [0.717, 1.165) is 0 Å². The molecule has 0 saturated carbocycles. The van der Waals surface area contributed by atoms with Crippen molar-refractivity contribution in [1.82, 2.24) is 0 Å². The average molecular weight is 657 g/mol. The molecule has 12 heteroatoms. The van der Waals surface area contributed by atoms with E-state index in [9.17, 15) is 28.8 Å². The largest absolute Gasteiger partial charge is 0.468 e. The Morgan fingerprint density at radius 3 is 1.25 bits per heavy atom. The molecule has 0 saturated heterocycles. The summed E-state index contributed by atoms with van der Waals surface area (Å²) >= 11 is 0. The summed E-state index contributed by atoms with van der Waals surface area (Å²) in [6.45, 7) is 0. The van der Waals surface area contributed by atoms with Crippen molar-refractivity contribution in [2.75, 3.05) is 28.4 Å². The van der Waals surface area contributed by atoms with Crippen LogP contribution < -0.4 is 0 Å². The second kappa shape index (κ2) is 13.5. The SMILES string of the molecule is COC(=O)C1=CC[C@@]2(C(=O)OC)C(=O)OC(c3ccccc3)=C[C@@H]12.COC(=O)C1=CC[C@]2(C(=O)OC)C(=O)OC(c3ccccc3)=C[C@H]12. The maximum Gasteiger partial charge on any atom is 0.334 e. The molecular formula is C36H32O12. The molecule has 0 N–H and O–H groups in total. The third-order valence-corrected chi connectivity index (χ3v) is 8.85. The standard InChI is InChI=1S/2C18H16O6/c2*1-22-15(19)12-8-9-18(16(20)23-2)13(12)10-14(24-17(18)21)11-6-4-3-5-7-11/h2*3-8,10,13H,9H2,1-2H3/t2*13-,18+/m10/s1. The summed E-state index contributed by atoms with van der Waals surface area (Å²) in [6, 6.07) is 18.0. The number of allylic oxidation sites excluding steroid dienone is 4. The molecule has 4 atom stereocenters. The minimum absolute atomic E-state index is 0.0339. The molecule has 4 aliphatic rings. The number of esters is 6. The molecule has 0 aromatic heterocycles. The minimum Gasteiger partial charge on any atom is -0.468 e. The minimum atomic E-state index is -1.57. The maximum absolute atomic E-state index is 12.7. The van der Waals surface area contributed by atoms with Gasteiger partial charge in [0.25, 0.3) is 0 Å². The summed E-state index contributed by atoms with van der Waals surface area (Å²) in [5.41, 5.74) is -1.27. The Kier molecular flexibility index (Phi) is 9.46. The number of fused-ring (bicyclic) bond motifs is 2. The number of hydrogen-bond acceptors (Lipinski definition) is 12. The van der Waals surface area contributed by atoms with Gasteiger partial charge in [0.1, 0.15) is 11.5 Å². The Hall–Kier alpha value is -5.78. The molecule has 248 valence electrons. The molecule has 12 nitrogen and oxygen atoms in total. The first kappa shape index (κ1) is 33.6. The number of carbonyl (C=O) groups excluding carboxylic acids is 6. The van der Waals surface area contributed by atoms with Crippen LogP contribution in [-0.2, 0) is 57.2 Å². The quantitative estimate of drug-likeness (QED) is 0.253. The Labute approximate surface area is 275 Å². The molecule has 0 amide bonds. The van der Waals surface area contributed by atoms with Gasteiger partial charge in [0, 0.05) is 34.1 Å². The van der Waals surface area contributed by atoms with Crippen molar-refractivity contribution in [2.45, 2.75) is 12.8 Å². The van der Waals surface area contributed by atoms with Crippen LogP contribution in [0.1, 0.15) is 24.0 Å². The summed E-state index contributed by atoms with van der Waals surface area (Å²) < 4.78 is 30.0. The van der Waals surface area contributed by atoms with Gasteiger partial charge in [0.05, 0.1) is 28.4 Å². The molecule has 48 heavy (non-hydrogen) atoms. The first-order valence-electron chi connectivity index (χ1n) is 14.8. The van der Waals surface area contributed by atoms with Crippen LogP contribution in [0.5, 0.6) is 0 Å². The number of carbonyl (C=O) groups is 6. The topological polar surface area (TPSA) is 158 Å². The van der Waals surface area contributed by atoms with Crippen LogP contribution in [0.3, 0.4) is 0 Å². The molecule has 0 unspecified atom stereocenters. The van der Waals surface area contributed by atoms with E-state index < -0.39 is 58.5 Å². The molecule has 2 aliphatic carbocycles. The van der Waals surface area contributed by atoms with E-state index in [4.69, 9.17) is 28.4 Å². The number of rotatable bonds is 6. The zero-order valence-electron chi connectivity index (χ0n) is 26.6. The highest BCUT2D eigenvalue weighted by atomic mass is 16.6. The monoisotopic (exact) mass is 656 g/mol. The number of cyclic esters (lactones) is 2. The molecule has 2 heterocycles. The van der Waals surface area contributed by atoms with Crippen LogP contribution in [0.4, 0.5) is 0 Å². The summed E-state index contributed by atoms with van der Waals surface area (Å²) in [4.78, 5) is 74.2. The highest BCUT2D eigenvalue weighted by Gasteiger charge is 2.62. The fourth-order valence-electron chi connectivity index (χ4n) is 6.34. The zero-order valence-corrected chi connectivity index (χ0v) is 26.6. The number of benzene rings is 2. The van der Waals surface area contributed by atoms with Crippen molar-refractivity contribution < 1.29 is 57.2 Å². The van der Waals surface area contributed by atoms with Crippen LogP contribution in [0.15, 0.2) is 96.1 Å². The van der Waals surface area contributed by atoms with Crippen molar-refractivity contribution in [3.8, 4) is 0 Å². The second-order valence-electron chi connectivity index (χ2n) is 11.2. The lowest BCUT2D eigenvalue weighted by molar-refractivity contribution is -0.171. The van der Waals surface area contributed by atoms with Gasteiger partial charge < -0.3 is 28.4 Å². The van der Waals surface area contributed by atoms with Gasteiger partial charge in [-0.2, -0.15) is 0 Å². The molecule has 0 bridgehead atoms. The van der Waals surface area contributed by atoms with Crippen LogP contribution in [0.2, 0.25) is 0 Å². The second-order valence-corrected chi connectivity index (χ2v) is 11.2. The van der Waals surface area contributed by atoms with Gasteiger partial charge in [-0.05, 0) is 25.0 Å². The third-order valence-electron chi connectivity index (χ3n) is 8.85. The molecule has 0 radical (unpaired) electrons. The predicted molar refractivity (Wildman–Crippen MR) is 166 cm³/mol. The normalized spacial score (nSPS) is 25.1. The van der Waals surface area contributed by atoms with Crippen molar-refractivity contribution in [2.24, 2.45) is 22.7 Å². The van der Waals surface area contributed by atoms with Gasteiger partial charge in [-0.1, -0.05) is 72.8 Å². The highest BCUT2D eigenvalue weighted by molar-refractivity contribution is 6.09. The smallest absolute Gasteiger partial charge is 0.334 e. The lowest BCUT2D eigenvalue weighted by Gasteiger charge is -2.34. The maximum atomic E-state index is 12.7. The van der Waals surface area contributed by atoms with Gasteiger partial charge >= 0.3 is 35.8 Å². The van der Waals surface area contributed by atoms with Crippen molar-refractivity contribution >= 4 is 47.3 Å². The lowest BCUT2D eigenvalue weighted by atomic mass is 9.73. The highest BCUT2D eigenvalue weighted by Crippen LogP contribution is 2.52. The fourth-order valence-corrected chi connectivity index (χ4v) is 6.34. The van der Waals surface area contributed by atoms with Gasteiger partial charge in [0.2, 0.25) is 0 Å². The van der Waals surface area contributed by atoms with E-state index in [-0.39, 0.29) is 24.0 Å². The Morgan fingerprint density at radius 1 is 0.583 bits per heavy atom. The number of hydrogen-bond donors (Lipinski definition) is 0. The summed E-state index contributed by atoms with van der Waals surface area (Å²) in [5.74, 6) is -5.02. The average Bonchev–Trinajstić information content (AvgIpc) is 3.72. The van der Waals surface area contributed by atoms with Gasteiger partial charge in [-0.3, -0.25) is 19.2 Å². The van der Waals surface area contributed by atoms with E-state index in [1.54, 1.807) is 72.8 Å². The van der Waals surface area contributed by atoms with Crippen molar-refractivity contribution in [3.05, 3.63) is 107 Å². The van der Waals surface area contributed by atoms with Gasteiger partial charge in [0.15, 0.2) is 10.8 Å². The van der Waals surface area contributed by atoms with Crippen LogP contribution >= 0.6 is 0 Å². The van der Waals surface area contributed by atoms with E-state index >= 15 is 0 Å². The Morgan fingerprint density at radius 2 is 0.938 bits per heavy atom. The van der Waals surface area contributed by atoms with E-state index in [2.05, 4.69) is 0 Å². The number of methoxy groups -OCH3 is 4. The van der Waals surface area contributed by atoms with Gasteiger partial charge in [-0.15, -0.1) is 0 Å². The van der Waals surface area contributed by atoms with Gasteiger partial charge in [-0.25, -0.2) is 9.59 Å². The summed E-state index contributed by atoms with van der Waals surface area (Å²) in [6.07, 6.45) is 6.38. The molecule has 2 aliphatic heterocycles. The van der Waals surface area contributed by atoms with E-state index in [0.29, 0.717) is 22.6 Å². The van der Waals surface area contributed by atoms with E-state index in [1.165, 1.54) is 28.4 Å². The Bertz CT molecular complexity index is 1650. The van der Waals surface area contributed by atoms with Crippen molar-refractivity contribution in [1.29, 1.82) is 0 Å². The molecule has 2 aromatic rings. The molecule has 0 fully saturated rings. The first-order chi connectivity index (χ1) is 23.1. The zero-order chi connectivity index (χ0) is 34.6. The molecule has 0 spiro atoms. The Balaban J connectivity index is 0.000000188. The van der Waals surface area contributed by atoms with Crippen molar-refractivity contribution in [3.63, 3.8) is 0 Å². The summed E-state index contributed by atoms with van der Waals surface area (Å²) in [5, 5.41) is 0. The molecule has 2 aromatic carbocycles. The third kappa shape index (κ3) is 5.48.